The zero-order valence-corrected chi connectivity index (χ0v) is 16.4. The third-order valence-electron chi connectivity index (χ3n) is 5.07. The molecule has 2 aromatic rings. The molecule has 1 fully saturated rings. The van der Waals surface area contributed by atoms with Crippen molar-refractivity contribution in [1.29, 1.82) is 0 Å². The Labute approximate surface area is 159 Å². The Morgan fingerprint density at radius 3 is 2.48 bits per heavy atom. The van der Waals surface area contributed by atoms with Gasteiger partial charge in [0.05, 0.1) is 10.9 Å². The summed E-state index contributed by atoms with van der Waals surface area (Å²) in [4.78, 5) is 16.6. The first-order chi connectivity index (χ1) is 12.9. The molecule has 1 saturated carbocycles. The first-order valence-corrected chi connectivity index (χ1v) is 10.6. The van der Waals surface area contributed by atoms with Crippen molar-refractivity contribution < 1.29 is 13.2 Å². The van der Waals surface area contributed by atoms with Gasteiger partial charge in [-0.25, -0.2) is 13.4 Å². The van der Waals surface area contributed by atoms with Crippen LogP contribution in [0.2, 0.25) is 0 Å². The summed E-state index contributed by atoms with van der Waals surface area (Å²) in [5.41, 5.74) is 0.389. The van der Waals surface area contributed by atoms with Gasteiger partial charge in [0.25, 0.3) is 5.91 Å². The lowest BCUT2D eigenvalue weighted by atomic mass is 9.96. The van der Waals surface area contributed by atoms with Gasteiger partial charge in [0.1, 0.15) is 12.2 Å². The predicted octanol–water partition coefficient (Wildman–Crippen LogP) is 2.25. The molecule has 3 rings (SSSR count). The van der Waals surface area contributed by atoms with Gasteiger partial charge in [0, 0.05) is 18.7 Å². The molecule has 0 spiro atoms. The maximum atomic E-state index is 12.9. The molecule has 1 atom stereocenters. The number of benzene rings is 1. The van der Waals surface area contributed by atoms with Gasteiger partial charge in [-0.3, -0.25) is 9.89 Å². The molecule has 0 bridgehead atoms. The van der Waals surface area contributed by atoms with Crippen molar-refractivity contribution in [3.05, 3.63) is 42.0 Å². The highest BCUT2D eigenvalue weighted by atomic mass is 32.2. The Bertz CT molecular complexity index is 859. The standard InChI is InChI=1S/C18H25N5O3S/c1-13(17-19-12-20-22-17)21-18(24)14-8-10-16(11-9-14)27(25,26)23(2)15-6-4-3-5-7-15/h8-13,15H,3-7H2,1-2H3,(H,21,24)(H,19,20,22)/t13-/m1/s1. The second kappa shape index (κ2) is 8.18. The fourth-order valence-corrected chi connectivity index (χ4v) is 4.77. The highest BCUT2D eigenvalue weighted by Gasteiger charge is 2.29. The second-order valence-corrected chi connectivity index (χ2v) is 8.90. The smallest absolute Gasteiger partial charge is 0.251 e. The number of rotatable bonds is 6. The van der Waals surface area contributed by atoms with Gasteiger partial charge in [-0.2, -0.15) is 9.40 Å². The molecule has 27 heavy (non-hydrogen) atoms. The Kier molecular flexibility index (Phi) is 5.91. The number of H-pyrrole nitrogens is 1. The van der Waals surface area contributed by atoms with Gasteiger partial charge in [-0.05, 0) is 44.0 Å². The number of sulfonamides is 1. The summed E-state index contributed by atoms with van der Waals surface area (Å²) >= 11 is 0. The third-order valence-corrected chi connectivity index (χ3v) is 7.00. The monoisotopic (exact) mass is 391 g/mol. The van der Waals surface area contributed by atoms with Gasteiger partial charge in [-0.15, -0.1) is 0 Å². The van der Waals surface area contributed by atoms with Crippen molar-refractivity contribution in [2.24, 2.45) is 0 Å². The molecule has 1 aromatic heterocycles. The van der Waals surface area contributed by atoms with Crippen molar-refractivity contribution in [2.75, 3.05) is 7.05 Å². The summed E-state index contributed by atoms with van der Waals surface area (Å²) in [6.07, 6.45) is 6.46. The van der Waals surface area contributed by atoms with E-state index < -0.39 is 10.0 Å². The van der Waals surface area contributed by atoms with Crippen LogP contribution in [-0.2, 0) is 10.0 Å². The van der Waals surface area contributed by atoms with Crippen molar-refractivity contribution in [1.82, 2.24) is 24.8 Å². The van der Waals surface area contributed by atoms with Gasteiger partial charge < -0.3 is 5.32 Å². The minimum absolute atomic E-state index is 0.0504. The summed E-state index contributed by atoms with van der Waals surface area (Å²) < 4.78 is 27.2. The first kappa shape index (κ1) is 19.5. The number of hydrogen-bond donors (Lipinski definition) is 2. The molecule has 146 valence electrons. The van der Waals surface area contributed by atoms with Crippen LogP contribution < -0.4 is 5.32 Å². The van der Waals surface area contributed by atoms with E-state index in [1.54, 1.807) is 14.0 Å². The van der Waals surface area contributed by atoms with E-state index in [0.717, 1.165) is 25.7 Å². The van der Waals surface area contributed by atoms with Crippen LogP contribution >= 0.6 is 0 Å². The number of aromatic nitrogens is 3. The molecule has 0 saturated heterocycles. The summed E-state index contributed by atoms with van der Waals surface area (Å²) in [6.45, 7) is 1.79. The summed E-state index contributed by atoms with van der Waals surface area (Å²) in [6, 6.07) is 5.76. The highest BCUT2D eigenvalue weighted by Crippen LogP contribution is 2.26. The molecular weight excluding hydrogens is 366 g/mol. The largest absolute Gasteiger partial charge is 0.342 e. The van der Waals surface area contributed by atoms with E-state index >= 15 is 0 Å². The van der Waals surface area contributed by atoms with Gasteiger partial charge in [-0.1, -0.05) is 19.3 Å². The quantitative estimate of drug-likeness (QED) is 0.785. The summed E-state index contributed by atoms with van der Waals surface area (Å²) in [5.74, 6) is 0.250. The van der Waals surface area contributed by atoms with E-state index in [0.29, 0.717) is 11.4 Å². The number of hydrogen-bond acceptors (Lipinski definition) is 5. The second-order valence-electron chi connectivity index (χ2n) is 6.90. The van der Waals surface area contributed by atoms with Crippen molar-refractivity contribution in [3.63, 3.8) is 0 Å². The van der Waals surface area contributed by atoms with Crippen LogP contribution in [0.25, 0.3) is 0 Å². The van der Waals surface area contributed by atoms with Crippen LogP contribution in [0.3, 0.4) is 0 Å². The number of nitrogens with one attached hydrogen (secondary N) is 2. The topological polar surface area (TPSA) is 108 Å². The average Bonchev–Trinajstić information content (AvgIpc) is 3.23. The van der Waals surface area contributed by atoms with E-state index in [2.05, 4.69) is 20.5 Å². The zero-order valence-electron chi connectivity index (χ0n) is 15.6. The van der Waals surface area contributed by atoms with Crippen LogP contribution in [0.5, 0.6) is 0 Å². The van der Waals surface area contributed by atoms with Crippen molar-refractivity contribution in [2.45, 2.75) is 56.0 Å². The molecular formula is C18H25N5O3S. The van der Waals surface area contributed by atoms with E-state index in [9.17, 15) is 13.2 Å². The average molecular weight is 391 g/mol. The molecule has 1 aromatic carbocycles. The maximum Gasteiger partial charge on any atom is 0.251 e. The molecule has 0 radical (unpaired) electrons. The summed E-state index contributed by atoms with van der Waals surface area (Å²) in [7, 11) is -1.92. The van der Waals surface area contributed by atoms with Gasteiger partial charge in [0.15, 0.2) is 0 Å². The molecule has 8 nitrogen and oxygen atoms in total. The van der Waals surface area contributed by atoms with Crippen molar-refractivity contribution >= 4 is 15.9 Å². The third kappa shape index (κ3) is 4.36. The molecule has 1 aliphatic rings. The van der Waals surface area contributed by atoms with Crippen LogP contribution in [0, 0.1) is 0 Å². The lowest BCUT2D eigenvalue weighted by Gasteiger charge is -2.30. The van der Waals surface area contributed by atoms with Crippen molar-refractivity contribution in [3.8, 4) is 0 Å². The number of carbonyl (C=O) groups excluding carboxylic acids is 1. The number of carbonyl (C=O) groups is 1. The number of aromatic amines is 1. The highest BCUT2D eigenvalue weighted by molar-refractivity contribution is 7.89. The Morgan fingerprint density at radius 2 is 1.89 bits per heavy atom. The molecule has 0 aliphatic heterocycles. The van der Waals surface area contributed by atoms with Gasteiger partial charge >= 0.3 is 0 Å². The molecule has 2 N–H and O–H groups in total. The molecule has 1 heterocycles. The Balaban J connectivity index is 1.69. The van der Waals surface area contributed by atoms with E-state index in [1.165, 1.54) is 41.3 Å². The van der Waals surface area contributed by atoms with Crippen LogP contribution in [0.1, 0.15) is 61.3 Å². The van der Waals surface area contributed by atoms with Crippen LogP contribution in [0.15, 0.2) is 35.5 Å². The molecule has 0 unspecified atom stereocenters. The van der Waals surface area contributed by atoms with Crippen LogP contribution in [0.4, 0.5) is 0 Å². The minimum Gasteiger partial charge on any atom is -0.342 e. The van der Waals surface area contributed by atoms with E-state index in [-0.39, 0.29) is 22.9 Å². The fraction of sp³-hybridized carbons (Fsp3) is 0.500. The Morgan fingerprint density at radius 1 is 1.22 bits per heavy atom. The molecule has 9 heteroatoms. The van der Waals surface area contributed by atoms with Gasteiger partial charge in [0.2, 0.25) is 10.0 Å². The fourth-order valence-electron chi connectivity index (χ4n) is 3.36. The van der Waals surface area contributed by atoms with Crippen LogP contribution in [-0.4, -0.2) is 46.9 Å². The summed E-state index contributed by atoms with van der Waals surface area (Å²) in [5, 5.41) is 9.26. The zero-order chi connectivity index (χ0) is 19.4. The normalized spacial score (nSPS) is 17.0. The SMILES string of the molecule is C[C@@H](NC(=O)c1ccc(S(=O)(=O)N(C)C2CCCCC2)cc1)c1ncn[nH]1. The molecule has 1 aliphatic carbocycles. The first-order valence-electron chi connectivity index (χ1n) is 9.14. The lowest BCUT2D eigenvalue weighted by molar-refractivity contribution is 0.0938. The lowest BCUT2D eigenvalue weighted by Crippen LogP contribution is -2.38. The predicted molar refractivity (Wildman–Crippen MR) is 101 cm³/mol. The van der Waals surface area contributed by atoms with E-state index in [4.69, 9.17) is 0 Å². The molecule has 1 amide bonds. The maximum absolute atomic E-state index is 12.9. The Hall–Kier alpha value is -2.26. The van der Waals surface area contributed by atoms with E-state index in [1.807, 2.05) is 0 Å². The number of nitrogens with zero attached hydrogens (tertiary/aromatic N) is 3. The number of amides is 1. The minimum atomic E-state index is -3.56.